The summed E-state index contributed by atoms with van der Waals surface area (Å²) in [5.41, 5.74) is 0.609. The third kappa shape index (κ3) is 4.69. The first-order valence-corrected chi connectivity index (χ1v) is 10.4. The van der Waals surface area contributed by atoms with E-state index in [1.165, 1.54) is 4.90 Å². The van der Waals surface area contributed by atoms with Crippen molar-refractivity contribution in [1.29, 1.82) is 0 Å². The summed E-state index contributed by atoms with van der Waals surface area (Å²) in [7, 11) is 0. The number of allylic oxidation sites excluding steroid dienone is 2. The number of hydrogen-bond donors (Lipinski definition) is 1. The number of anilines is 1. The van der Waals surface area contributed by atoms with Crippen molar-refractivity contribution in [2.45, 2.75) is 59.1 Å². The number of imide groups is 1. The van der Waals surface area contributed by atoms with Crippen LogP contribution in [0.5, 0.6) is 5.75 Å². The lowest BCUT2D eigenvalue weighted by molar-refractivity contribution is -0.147. The van der Waals surface area contributed by atoms with Gasteiger partial charge in [0, 0.05) is 5.69 Å². The van der Waals surface area contributed by atoms with Gasteiger partial charge in [0.25, 0.3) is 0 Å². The van der Waals surface area contributed by atoms with E-state index >= 15 is 0 Å². The Labute approximate surface area is 172 Å². The second-order valence-corrected chi connectivity index (χ2v) is 8.53. The zero-order valence-corrected chi connectivity index (χ0v) is 17.6. The molecular weight excluding hydrogens is 368 g/mol. The van der Waals surface area contributed by atoms with Crippen LogP contribution in [0.4, 0.5) is 5.69 Å². The SMILES string of the molecule is CC(C)CC(C(=O)Nc1ccc(OC(C)C)cc1)N1C(=O)C2CC=CCC2C1=O. The number of carbonyl (C=O) groups excluding carboxylic acids is 3. The first-order chi connectivity index (χ1) is 13.8. The van der Waals surface area contributed by atoms with Crippen LogP contribution in [0.1, 0.15) is 47.0 Å². The molecule has 3 amide bonds. The van der Waals surface area contributed by atoms with Crippen LogP contribution in [0.2, 0.25) is 0 Å². The number of ether oxygens (including phenoxy) is 1. The molecule has 1 aliphatic carbocycles. The molecule has 0 saturated carbocycles. The second-order valence-electron chi connectivity index (χ2n) is 8.53. The number of benzene rings is 1. The Kier molecular flexibility index (Phi) is 6.40. The molecule has 2 aliphatic rings. The fourth-order valence-electron chi connectivity index (χ4n) is 4.02. The largest absolute Gasteiger partial charge is 0.491 e. The Morgan fingerprint density at radius 1 is 1.03 bits per heavy atom. The fourth-order valence-corrected chi connectivity index (χ4v) is 4.02. The number of fused-ring (bicyclic) bond motifs is 1. The van der Waals surface area contributed by atoms with Crippen LogP contribution in [-0.2, 0) is 14.4 Å². The molecule has 1 N–H and O–H groups in total. The van der Waals surface area contributed by atoms with Crippen LogP contribution in [0.3, 0.4) is 0 Å². The summed E-state index contributed by atoms with van der Waals surface area (Å²) >= 11 is 0. The van der Waals surface area contributed by atoms with Gasteiger partial charge < -0.3 is 10.1 Å². The van der Waals surface area contributed by atoms with Gasteiger partial charge in [-0.1, -0.05) is 26.0 Å². The summed E-state index contributed by atoms with van der Waals surface area (Å²) in [5, 5.41) is 2.87. The van der Waals surface area contributed by atoms with E-state index < -0.39 is 6.04 Å². The molecule has 1 aromatic carbocycles. The summed E-state index contributed by atoms with van der Waals surface area (Å²) < 4.78 is 5.62. The monoisotopic (exact) mass is 398 g/mol. The van der Waals surface area contributed by atoms with Crippen LogP contribution in [0.25, 0.3) is 0 Å². The second kappa shape index (κ2) is 8.80. The Balaban J connectivity index is 1.77. The molecule has 3 atom stereocenters. The van der Waals surface area contributed by atoms with Gasteiger partial charge in [-0.05, 0) is 63.3 Å². The molecule has 1 aromatic rings. The lowest BCUT2D eigenvalue weighted by atomic mass is 9.85. The van der Waals surface area contributed by atoms with Crippen LogP contribution >= 0.6 is 0 Å². The molecule has 6 heteroatoms. The average molecular weight is 399 g/mol. The number of nitrogens with zero attached hydrogens (tertiary/aromatic N) is 1. The van der Waals surface area contributed by atoms with Crippen molar-refractivity contribution >= 4 is 23.4 Å². The van der Waals surface area contributed by atoms with Crippen molar-refractivity contribution in [3.05, 3.63) is 36.4 Å². The summed E-state index contributed by atoms with van der Waals surface area (Å²) in [6, 6.07) is 6.31. The average Bonchev–Trinajstić information content (AvgIpc) is 2.92. The summed E-state index contributed by atoms with van der Waals surface area (Å²) in [6.45, 7) is 7.86. The van der Waals surface area contributed by atoms with Crippen molar-refractivity contribution in [2.75, 3.05) is 5.32 Å². The Morgan fingerprint density at radius 3 is 2.07 bits per heavy atom. The first-order valence-electron chi connectivity index (χ1n) is 10.4. The maximum absolute atomic E-state index is 13.1. The molecule has 3 unspecified atom stereocenters. The molecule has 1 aliphatic heterocycles. The lowest BCUT2D eigenvalue weighted by Gasteiger charge is -2.27. The molecule has 0 radical (unpaired) electrons. The highest BCUT2D eigenvalue weighted by Gasteiger charge is 2.51. The summed E-state index contributed by atoms with van der Waals surface area (Å²) in [4.78, 5) is 40.2. The molecule has 3 rings (SSSR count). The lowest BCUT2D eigenvalue weighted by Crippen LogP contribution is -2.48. The standard InChI is InChI=1S/C23H30N2O4/c1-14(2)13-20(25-22(27)18-7-5-6-8-19(18)23(25)28)21(26)24-16-9-11-17(12-10-16)29-15(3)4/h5-6,9-12,14-15,18-20H,7-8,13H2,1-4H3,(H,24,26). The van der Waals surface area contributed by atoms with Crippen LogP contribution in [-0.4, -0.2) is 34.8 Å². The first kappa shape index (κ1) is 21.1. The van der Waals surface area contributed by atoms with Crippen LogP contribution in [0, 0.1) is 17.8 Å². The molecular formula is C23H30N2O4. The molecule has 1 fully saturated rings. The van der Waals surface area contributed by atoms with E-state index in [2.05, 4.69) is 5.32 Å². The minimum absolute atomic E-state index is 0.0658. The number of rotatable bonds is 7. The third-order valence-electron chi connectivity index (χ3n) is 5.34. The van der Waals surface area contributed by atoms with Crippen molar-refractivity contribution in [1.82, 2.24) is 4.90 Å². The van der Waals surface area contributed by atoms with Gasteiger partial charge in [0.05, 0.1) is 17.9 Å². The van der Waals surface area contributed by atoms with Gasteiger partial charge >= 0.3 is 0 Å². The molecule has 1 heterocycles. The fraction of sp³-hybridized carbons (Fsp3) is 0.522. The van der Waals surface area contributed by atoms with Gasteiger partial charge in [-0.2, -0.15) is 0 Å². The zero-order chi connectivity index (χ0) is 21.1. The molecule has 1 saturated heterocycles. The Morgan fingerprint density at radius 2 is 1.59 bits per heavy atom. The molecule has 6 nitrogen and oxygen atoms in total. The van der Waals surface area contributed by atoms with Gasteiger partial charge in [-0.3, -0.25) is 19.3 Å². The van der Waals surface area contributed by atoms with Crippen molar-refractivity contribution in [3.8, 4) is 5.75 Å². The van der Waals surface area contributed by atoms with E-state index in [4.69, 9.17) is 4.74 Å². The number of likely N-dealkylation sites (tertiary alicyclic amines) is 1. The van der Waals surface area contributed by atoms with E-state index in [9.17, 15) is 14.4 Å². The maximum Gasteiger partial charge on any atom is 0.247 e. The van der Waals surface area contributed by atoms with Crippen molar-refractivity contribution in [2.24, 2.45) is 17.8 Å². The number of amides is 3. The smallest absolute Gasteiger partial charge is 0.247 e. The predicted molar refractivity (Wildman–Crippen MR) is 111 cm³/mol. The van der Waals surface area contributed by atoms with Crippen molar-refractivity contribution < 1.29 is 19.1 Å². The van der Waals surface area contributed by atoms with Crippen molar-refractivity contribution in [3.63, 3.8) is 0 Å². The molecule has 0 bridgehead atoms. The van der Waals surface area contributed by atoms with Crippen LogP contribution in [0.15, 0.2) is 36.4 Å². The van der Waals surface area contributed by atoms with Gasteiger partial charge in [-0.15, -0.1) is 0 Å². The van der Waals surface area contributed by atoms with E-state index in [0.29, 0.717) is 24.9 Å². The Bertz CT molecular complexity index is 772. The number of nitrogens with one attached hydrogen (secondary N) is 1. The van der Waals surface area contributed by atoms with Gasteiger partial charge in [0.15, 0.2) is 0 Å². The van der Waals surface area contributed by atoms with E-state index in [0.717, 1.165) is 5.75 Å². The molecule has 0 aromatic heterocycles. The summed E-state index contributed by atoms with van der Waals surface area (Å²) in [5.74, 6) is -0.543. The number of hydrogen-bond acceptors (Lipinski definition) is 4. The van der Waals surface area contributed by atoms with Gasteiger partial charge in [0.2, 0.25) is 17.7 Å². The minimum atomic E-state index is -0.799. The van der Waals surface area contributed by atoms with E-state index in [1.54, 1.807) is 24.3 Å². The minimum Gasteiger partial charge on any atom is -0.491 e. The number of carbonyl (C=O) groups is 3. The topological polar surface area (TPSA) is 75.7 Å². The quantitative estimate of drug-likeness (QED) is 0.560. The highest BCUT2D eigenvalue weighted by molar-refractivity contribution is 6.10. The summed E-state index contributed by atoms with van der Waals surface area (Å²) in [6.07, 6.45) is 5.54. The predicted octanol–water partition coefficient (Wildman–Crippen LogP) is 3.78. The van der Waals surface area contributed by atoms with E-state index in [-0.39, 0.29) is 41.6 Å². The third-order valence-corrected chi connectivity index (χ3v) is 5.34. The molecule has 29 heavy (non-hydrogen) atoms. The van der Waals surface area contributed by atoms with Gasteiger partial charge in [0.1, 0.15) is 11.8 Å². The molecule has 0 spiro atoms. The highest BCUT2D eigenvalue weighted by Crippen LogP contribution is 2.37. The Hall–Kier alpha value is -2.63. The van der Waals surface area contributed by atoms with Crippen LogP contribution < -0.4 is 10.1 Å². The highest BCUT2D eigenvalue weighted by atomic mass is 16.5. The zero-order valence-electron chi connectivity index (χ0n) is 17.6. The van der Waals surface area contributed by atoms with E-state index in [1.807, 2.05) is 39.8 Å². The molecule has 156 valence electrons. The normalized spacial score (nSPS) is 22.2. The van der Waals surface area contributed by atoms with Gasteiger partial charge in [-0.25, -0.2) is 0 Å². The maximum atomic E-state index is 13.1.